The molecule has 0 spiro atoms. The van der Waals surface area contributed by atoms with E-state index in [1.54, 1.807) is 24.9 Å². The van der Waals surface area contributed by atoms with E-state index < -0.39 is 10.0 Å². The third-order valence-electron chi connectivity index (χ3n) is 7.21. The smallest absolute Gasteiger partial charge is 0.247 e. The van der Waals surface area contributed by atoms with Crippen LogP contribution >= 0.6 is 0 Å². The molecule has 0 saturated carbocycles. The Balaban J connectivity index is 1.80. The van der Waals surface area contributed by atoms with E-state index in [1.807, 2.05) is 22.5 Å². The second-order valence-corrected chi connectivity index (χ2v) is 11.1. The number of aromatic nitrogens is 2. The van der Waals surface area contributed by atoms with E-state index in [4.69, 9.17) is 0 Å². The van der Waals surface area contributed by atoms with Gasteiger partial charge in [-0.3, -0.25) is 9.58 Å². The van der Waals surface area contributed by atoms with Crippen LogP contribution in [0.2, 0.25) is 0 Å². The van der Waals surface area contributed by atoms with Gasteiger partial charge in [-0.15, -0.1) is 0 Å². The number of fused-ring (bicyclic) bond motifs is 1. The number of sulfonamides is 1. The van der Waals surface area contributed by atoms with Gasteiger partial charge in [-0.05, 0) is 58.7 Å². The van der Waals surface area contributed by atoms with Crippen molar-refractivity contribution in [3.8, 4) is 0 Å². The highest BCUT2D eigenvalue weighted by Gasteiger charge is 2.55. The third-order valence-corrected chi connectivity index (χ3v) is 9.28. The van der Waals surface area contributed by atoms with Crippen molar-refractivity contribution < 1.29 is 8.42 Å². The zero-order chi connectivity index (χ0) is 21.5. The molecule has 0 N–H and O–H groups in total. The molecule has 0 radical (unpaired) electrons. The Morgan fingerprint density at radius 3 is 2.53 bits per heavy atom. The first kappa shape index (κ1) is 21.5. The maximum Gasteiger partial charge on any atom is 0.247 e. The minimum Gasteiger partial charge on any atom is -0.299 e. The largest absolute Gasteiger partial charge is 0.299 e. The van der Waals surface area contributed by atoms with Gasteiger partial charge in [0.15, 0.2) is 0 Å². The molecule has 1 aromatic carbocycles. The highest BCUT2D eigenvalue weighted by Crippen LogP contribution is 2.45. The fraction of sp³-hybridized carbons (Fsp3) is 0.609. The molecule has 3 heterocycles. The topological polar surface area (TPSA) is 58.4 Å². The molecular formula is C23H34N4O2S. The van der Waals surface area contributed by atoms with Gasteiger partial charge in [0, 0.05) is 30.9 Å². The summed E-state index contributed by atoms with van der Waals surface area (Å²) in [4.78, 5) is 2.76. The minimum atomic E-state index is -3.65. The summed E-state index contributed by atoms with van der Waals surface area (Å²) in [6, 6.07) is 10.2. The summed E-state index contributed by atoms with van der Waals surface area (Å²) in [7, 11) is 0.298. The average molecular weight is 431 g/mol. The van der Waals surface area contributed by atoms with Crippen LogP contribution in [0.15, 0.2) is 41.4 Å². The number of hydrogen-bond acceptors (Lipinski definition) is 4. The molecule has 2 aliphatic heterocycles. The second kappa shape index (κ2) is 8.09. The fourth-order valence-electron chi connectivity index (χ4n) is 5.56. The molecule has 0 aliphatic carbocycles. The van der Waals surface area contributed by atoms with E-state index in [0.717, 1.165) is 38.6 Å². The van der Waals surface area contributed by atoms with Gasteiger partial charge in [0.05, 0.1) is 5.69 Å². The molecule has 3 atom stereocenters. The van der Waals surface area contributed by atoms with E-state index in [-0.39, 0.29) is 17.6 Å². The van der Waals surface area contributed by atoms with Crippen LogP contribution < -0.4 is 0 Å². The van der Waals surface area contributed by atoms with E-state index in [9.17, 15) is 8.42 Å². The molecule has 0 amide bonds. The third kappa shape index (κ3) is 3.72. The van der Waals surface area contributed by atoms with Crippen molar-refractivity contribution in [3.63, 3.8) is 0 Å². The molecule has 164 valence electrons. The van der Waals surface area contributed by atoms with Crippen LogP contribution in [-0.4, -0.2) is 58.6 Å². The zero-order valence-corrected chi connectivity index (χ0v) is 19.4. The Morgan fingerprint density at radius 1 is 1.13 bits per heavy atom. The van der Waals surface area contributed by atoms with Gasteiger partial charge in [0.2, 0.25) is 10.0 Å². The Labute approximate surface area is 180 Å². The quantitative estimate of drug-likeness (QED) is 0.746. The summed E-state index contributed by atoms with van der Waals surface area (Å²) in [6.45, 7) is 5.08. The molecule has 4 rings (SSSR count). The molecule has 2 aliphatic rings. The highest BCUT2D eigenvalue weighted by molar-refractivity contribution is 7.89. The molecule has 6 nitrogen and oxygen atoms in total. The van der Waals surface area contributed by atoms with Crippen molar-refractivity contribution in [1.29, 1.82) is 0 Å². The van der Waals surface area contributed by atoms with Crippen LogP contribution in [0, 0.1) is 6.92 Å². The molecule has 2 fully saturated rings. The predicted molar refractivity (Wildman–Crippen MR) is 119 cm³/mol. The maximum atomic E-state index is 14.0. The maximum absolute atomic E-state index is 14.0. The molecule has 1 aromatic heterocycles. The number of likely N-dealkylation sites (N-methyl/N-ethyl adjacent to an activating group) is 1. The van der Waals surface area contributed by atoms with Crippen molar-refractivity contribution in [1.82, 2.24) is 19.0 Å². The van der Waals surface area contributed by atoms with Crippen LogP contribution in [0.1, 0.15) is 50.3 Å². The second-order valence-electron chi connectivity index (χ2n) is 9.28. The van der Waals surface area contributed by atoms with Crippen LogP contribution in [0.4, 0.5) is 0 Å². The van der Waals surface area contributed by atoms with Crippen LogP contribution in [0.3, 0.4) is 0 Å². The number of hydrogen-bond donors (Lipinski definition) is 0. The zero-order valence-electron chi connectivity index (χ0n) is 18.6. The molecule has 7 heteroatoms. The number of likely N-dealkylation sites (tertiary alicyclic amines) is 1. The van der Waals surface area contributed by atoms with Crippen LogP contribution in [0.25, 0.3) is 0 Å². The minimum absolute atomic E-state index is 0.0267. The van der Waals surface area contributed by atoms with Crippen molar-refractivity contribution in [3.05, 3.63) is 47.8 Å². The summed E-state index contributed by atoms with van der Waals surface area (Å²) in [5.41, 5.74) is 1.60. The lowest BCUT2D eigenvalue weighted by Crippen LogP contribution is -2.55. The van der Waals surface area contributed by atoms with Crippen molar-refractivity contribution in [2.45, 2.75) is 74.9 Å². The van der Waals surface area contributed by atoms with Crippen molar-refractivity contribution >= 4 is 10.0 Å². The lowest BCUT2D eigenvalue weighted by atomic mass is 9.84. The van der Waals surface area contributed by atoms with Crippen molar-refractivity contribution in [2.75, 3.05) is 13.6 Å². The molecule has 2 aromatic rings. The van der Waals surface area contributed by atoms with Gasteiger partial charge in [-0.2, -0.15) is 9.40 Å². The Kier molecular flexibility index (Phi) is 5.81. The van der Waals surface area contributed by atoms with E-state index in [2.05, 4.69) is 36.1 Å². The first-order valence-corrected chi connectivity index (χ1v) is 12.5. The number of benzene rings is 1. The molecule has 2 saturated heterocycles. The summed E-state index contributed by atoms with van der Waals surface area (Å²) < 4.78 is 31.5. The first-order valence-electron chi connectivity index (χ1n) is 11.0. The predicted octanol–water partition coefficient (Wildman–Crippen LogP) is 3.37. The Bertz CT molecular complexity index is 988. The normalized spacial score (nSPS) is 28.8. The van der Waals surface area contributed by atoms with Gasteiger partial charge in [0.25, 0.3) is 0 Å². The number of nitrogens with zero attached hydrogens (tertiary/aromatic N) is 4. The fourth-order valence-corrected chi connectivity index (χ4v) is 7.69. The lowest BCUT2D eigenvalue weighted by Gasteiger charge is -2.43. The molecule has 0 bridgehead atoms. The van der Waals surface area contributed by atoms with Gasteiger partial charge >= 0.3 is 0 Å². The van der Waals surface area contributed by atoms with Gasteiger partial charge < -0.3 is 0 Å². The van der Waals surface area contributed by atoms with Crippen LogP contribution in [0.5, 0.6) is 0 Å². The Hall–Kier alpha value is -1.70. The standard InChI is InChI=1S/C23H34N4O2S/c1-18-21(17-26(4)24-18)30(28,29)27-20(15-19-11-7-5-8-12-19)16-23(2)22(27)13-9-6-10-14-25(23)3/h5,7-8,11-12,17,20,22H,6,9-10,13-16H2,1-4H3/t20-,22+,23+/m1/s1. The summed E-state index contributed by atoms with van der Waals surface area (Å²) >= 11 is 0. The monoisotopic (exact) mass is 430 g/mol. The molecule has 30 heavy (non-hydrogen) atoms. The summed E-state index contributed by atoms with van der Waals surface area (Å²) in [5.74, 6) is 0. The van der Waals surface area contributed by atoms with E-state index >= 15 is 0 Å². The lowest BCUT2D eigenvalue weighted by molar-refractivity contribution is 0.0875. The highest BCUT2D eigenvalue weighted by atomic mass is 32.2. The van der Waals surface area contributed by atoms with Gasteiger partial charge in [0.1, 0.15) is 4.90 Å². The van der Waals surface area contributed by atoms with E-state index in [0.29, 0.717) is 10.6 Å². The van der Waals surface area contributed by atoms with Crippen molar-refractivity contribution in [2.24, 2.45) is 7.05 Å². The summed E-state index contributed by atoms with van der Waals surface area (Å²) in [5, 5.41) is 4.33. The Morgan fingerprint density at radius 2 is 1.87 bits per heavy atom. The van der Waals surface area contributed by atoms with E-state index in [1.165, 1.54) is 12.0 Å². The molecular weight excluding hydrogens is 396 g/mol. The SMILES string of the molecule is Cc1nn(C)cc1S(=O)(=O)N1[C@H](Cc2ccccc2)C[C@@]2(C)[C@@H]1CCCCCN2C. The summed E-state index contributed by atoms with van der Waals surface area (Å²) in [6.07, 6.45) is 7.55. The number of aryl methyl sites for hydroxylation is 2. The van der Waals surface area contributed by atoms with Gasteiger partial charge in [-0.1, -0.05) is 43.2 Å². The first-order chi connectivity index (χ1) is 14.2. The van der Waals surface area contributed by atoms with Crippen LogP contribution in [-0.2, 0) is 23.5 Å². The molecule has 0 unspecified atom stereocenters. The number of rotatable bonds is 4. The average Bonchev–Trinajstić information content (AvgIpc) is 3.18. The van der Waals surface area contributed by atoms with Gasteiger partial charge in [-0.25, -0.2) is 8.42 Å².